The van der Waals surface area contributed by atoms with Crippen LogP contribution in [0.1, 0.15) is 11.1 Å². The number of hydrogen-bond acceptors (Lipinski definition) is 4. The van der Waals surface area contributed by atoms with Gasteiger partial charge in [0.2, 0.25) is 12.7 Å². The molecule has 1 aliphatic heterocycles. The quantitative estimate of drug-likeness (QED) is 0.863. The lowest BCUT2D eigenvalue weighted by Gasteiger charge is -2.04. The first-order chi connectivity index (χ1) is 11.2. The molecule has 0 saturated heterocycles. The molecule has 3 rings (SSSR count). The Labute approximate surface area is 134 Å². The maximum atomic E-state index is 11.9. The Bertz CT molecular complexity index is 722. The zero-order valence-corrected chi connectivity index (χ0v) is 12.7. The molecule has 0 fully saturated rings. The Balaban J connectivity index is 1.53. The molecule has 0 unspecified atom stereocenters. The highest BCUT2D eigenvalue weighted by atomic mass is 16.7. The van der Waals surface area contributed by atoms with Crippen LogP contribution >= 0.6 is 0 Å². The third-order valence-electron chi connectivity index (χ3n) is 3.45. The molecule has 0 aromatic heterocycles. The van der Waals surface area contributed by atoms with Crippen LogP contribution in [0.25, 0.3) is 6.08 Å². The fourth-order valence-corrected chi connectivity index (χ4v) is 2.19. The van der Waals surface area contributed by atoms with Crippen LogP contribution in [0, 0.1) is 0 Å². The average molecular weight is 311 g/mol. The Morgan fingerprint density at radius 3 is 2.74 bits per heavy atom. The van der Waals surface area contributed by atoms with Gasteiger partial charge in [0.25, 0.3) is 0 Å². The van der Waals surface area contributed by atoms with Crippen molar-refractivity contribution in [2.75, 3.05) is 13.9 Å². The van der Waals surface area contributed by atoms with E-state index in [9.17, 15) is 4.79 Å². The second-order valence-electron chi connectivity index (χ2n) is 5.01. The van der Waals surface area contributed by atoms with Crippen molar-refractivity contribution in [1.82, 2.24) is 5.32 Å². The third kappa shape index (κ3) is 3.83. The van der Waals surface area contributed by atoms with Crippen molar-refractivity contribution >= 4 is 12.0 Å². The van der Waals surface area contributed by atoms with Crippen molar-refractivity contribution in [2.45, 2.75) is 6.54 Å². The molecule has 118 valence electrons. The van der Waals surface area contributed by atoms with Gasteiger partial charge in [-0.2, -0.15) is 0 Å². The van der Waals surface area contributed by atoms with Crippen LogP contribution in [-0.2, 0) is 11.3 Å². The fourth-order valence-electron chi connectivity index (χ4n) is 2.19. The second-order valence-corrected chi connectivity index (χ2v) is 5.01. The van der Waals surface area contributed by atoms with Crippen LogP contribution in [0.5, 0.6) is 17.2 Å². The van der Waals surface area contributed by atoms with Crippen LogP contribution in [0.3, 0.4) is 0 Å². The predicted molar refractivity (Wildman–Crippen MR) is 86.4 cm³/mol. The fraction of sp³-hybridized carbons (Fsp3) is 0.167. The van der Waals surface area contributed by atoms with E-state index in [2.05, 4.69) is 5.32 Å². The Kier molecular flexibility index (Phi) is 4.47. The molecule has 23 heavy (non-hydrogen) atoms. The number of benzene rings is 2. The number of nitrogens with one attached hydrogen (secondary N) is 1. The number of carbonyl (C=O) groups is 1. The first-order valence-electron chi connectivity index (χ1n) is 7.23. The van der Waals surface area contributed by atoms with Crippen molar-refractivity contribution in [2.24, 2.45) is 0 Å². The summed E-state index contributed by atoms with van der Waals surface area (Å²) in [4.78, 5) is 11.9. The SMILES string of the molecule is COc1ccc(C=CC(=O)NCc2ccc3c(c2)OCO3)cc1. The van der Waals surface area contributed by atoms with Crippen molar-refractivity contribution in [3.63, 3.8) is 0 Å². The zero-order chi connectivity index (χ0) is 16.1. The highest BCUT2D eigenvalue weighted by Gasteiger charge is 2.13. The van der Waals surface area contributed by atoms with E-state index in [-0.39, 0.29) is 12.7 Å². The van der Waals surface area contributed by atoms with Gasteiger partial charge in [-0.1, -0.05) is 18.2 Å². The molecule has 1 aliphatic rings. The van der Waals surface area contributed by atoms with Gasteiger partial charge in [0.1, 0.15) is 5.75 Å². The molecule has 2 aromatic rings. The summed E-state index contributed by atoms with van der Waals surface area (Å²) < 4.78 is 15.7. The molecule has 1 amide bonds. The molecule has 5 nitrogen and oxygen atoms in total. The molecule has 0 atom stereocenters. The smallest absolute Gasteiger partial charge is 0.244 e. The van der Waals surface area contributed by atoms with Gasteiger partial charge in [-0.3, -0.25) is 4.79 Å². The van der Waals surface area contributed by atoms with Crippen LogP contribution < -0.4 is 19.5 Å². The van der Waals surface area contributed by atoms with Crippen molar-refractivity contribution in [3.8, 4) is 17.2 Å². The van der Waals surface area contributed by atoms with Gasteiger partial charge in [-0.15, -0.1) is 0 Å². The van der Waals surface area contributed by atoms with E-state index < -0.39 is 0 Å². The molecular formula is C18H17NO4. The molecule has 0 saturated carbocycles. The number of amides is 1. The maximum absolute atomic E-state index is 11.9. The van der Waals surface area contributed by atoms with Gasteiger partial charge >= 0.3 is 0 Å². The molecule has 0 radical (unpaired) electrons. The van der Waals surface area contributed by atoms with Gasteiger partial charge in [0, 0.05) is 12.6 Å². The number of ether oxygens (including phenoxy) is 3. The van der Waals surface area contributed by atoms with E-state index in [1.54, 1.807) is 13.2 Å². The summed E-state index contributed by atoms with van der Waals surface area (Å²) >= 11 is 0. The van der Waals surface area contributed by atoms with Gasteiger partial charge in [0.15, 0.2) is 11.5 Å². The summed E-state index contributed by atoms with van der Waals surface area (Å²) in [6.45, 7) is 0.679. The summed E-state index contributed by atoms with van der Waals surface area (Å²) in [5, 5.41) is 2.84. The van der Waals surface area contributed by atoms with E-state index in [1.807, 2.05) is 42.5 Å². The first-order valence-corrected chi connectivity index (χ1v) is 7.23. The summed E-state index contributed by atoms with van der Waals surface area (Å²) in [6.07, 6.45) is 3.27. The minimum Gasteiger partial charge on any atom is -0.497 e. The summed E-state index contributed by atoms with van der Waals surface area (Å²) in [6, 6.07) is 13.1. The minimum atomic E-state index is -0.154. The number of hydrogen-bond donors (Lipinski definition) is 1. The molecule has 2 aromatic carbocycles. The number of fused-ring (bicyclic) bond motifs is 1. The molecule has 0 bridgehead atoms. The first kappa shape index (κ1) is 15.0. The van der Waals surface area contributed by atoms with E-state index in [1.165, 1.54) is 6.08 Å². The monoisotopic (exact) mass is 311 g/mol. The average Bonchev–Trinajstić information content (AvgIpc) is 3.06. The van der Waals surface area contributed by atoms with E-state index in [0.29, 0.717) is 12.3 Å². The standard InChI is InChI=1S/C18H17NO4/c1-21-15-6-2-13(3-7-15)5-9-18(20)19-11-14-4-8-16-17(10-14)23-12-22-16/h2-10H,11-12H2,1H3,(H,19,20). The van der Waals surface area contributed by atoms with Crippen molar-refractivity contribution < 1.29 is 19.0 Å². The summed E-state index contributed by atoms with van der Waals surface area (Å²) in [7, 11) is 1.62. The Morgan fingerprint density at radius 2 is 1.96 bits per heavy atom. The lowest BCUT2D eigenvalue weighted by molar-refractivity contribution is -0.116. The normalized spacial score (nSPS) is 12.4. The van der Waals surface area contributed by atoms with Gasteiger partial charge in [-0.25, -0.2) is 0 Å². The molecule has 0 spiro atoms. The molecule has 0 aliphatic carbocycles. The molecule has 1 N–H and O–H groups in total. The maximum Gasteiger partial charge on any atom is 0.244 e. The minimum absolute atomic E-state index is 0.154. The zero-order valence-electron chi connectivity index (χ0n) is 12.7. The van der Waals surface area contributed by atoms with E-state index >= 15 is 0 Å². The lowest BCUT2D eigenvalue weighted by atomic mass is 10.2. The lowest BCUT2D eigenvalue weighted by Crippen LogP contribution is -2.20. The second kappa shape index (κ2) is 6.87. The van der Waals surface area contributed by atoms with Gasteiger partial charge in [-0.05, 0) is 41.5 Å². The number of methoxy groups -OCH3 is 1. The number of rotatable bonds is 5. The number of carbonyl (C=O) groups excluding carboxylic acids is 1. The van der Waals surface area contributed by atoms with Crippen LogP contribution in [0.15, 0.2) is 48.5 Å². The van der Waals surface area contributed by atoms with E-state index in [0.717, 1.165) is 22.6 Å². The molecule has 5 heteroatoms. The molecule has 1 heterocycles. The Hall–Kier alpha value is -2.95. The van der Waals surface area contributed by atoms with Crippen LogP contribution in [-0.4, -0.2) is 19.8 Å². The van der Waals surface area contributed by atoms with Crippen LogP contribution in [0.2, 0.25) is 0 Å². The third-order valence-corrected chi connectivity index (χ3v) is 3.45. The summed E-state index contributed by atoms with van der Waals surface area (Å²) in [5.41, 5.74) is 1.89. The van der Waals surface area contributed by atoms with Crippen molar-refractivity contribution in [1.29, 1.82) is 0 Å². The van der Waals surface area contributed by atoms with Gasteiger partial charge < -0.3 is 19.5 Å². The summed E-state index contributed by atoms with van der Waals surface area (Å²) in [5.74, 6) is 2.08. The highest BCUT2D eigenvalue weighted by molar-refractivity contribution is 5.91. The van der Waals surface area contributed by atoms with Crippen molar-refractivity contribution in [3.05, 3.63) is 59.7 Å². The highest BCUT2D eigenvalue weighted by Crippen LogP contribution is 2.32. The predicted octanol–water partition coefficient (Wildman–Crippen LogP) is 2.75. The topological polar surface area (TPSA) is 56.8 Å². The largest absolute Gasteiger partial charge is 0.497 e. The van der Waals surface area contributed by atoms with E-state index in [4.69, 9.17) is 14.2 Å². The van der Waals surface area contributed by atoms with Gasteiger partial charge in [0.05, 0.1) is 7.11 Å². The molecular weight excluding hydrogens is 294 g/mol. The van der Waals surface area contributed by atoms with Crippen LogP contribution in [0.4, 0.5) is 0 Å². The Morgan fingerprint density at radius 1 is 1.17 bits per heavy atom.